The van der Waals surface area contributed by atoms with Crippen molar-refractivity contribution in [2.45, 2.75) is 316 Å². The lowest BCUT2D eigenvalue weighted by atomic mass is 10.0. The number of quaternary nitrogens is 1. The smallest absolute Gasteiger partial charge is 0.0784 e. The fraction of sp³-hybridized carbons (Fsp3) is 1.00. The van der Waals surface area contributed by atoms with Crippen molar-refractivity contribution < 1.29 is 4.48 Å². The Morgan fingerprint density at radius 1 is 0.167 bits per heavy atom. The van der Waals surface area contributed by atoms with Crippen molar-refractivity contribution in [3.8, 4) is 0 Å². The summed E-state index contributed by atoms with van der Waals surface area (Å²) in [5.74, 6) is 0. The lowest BCUT2D eigenvalue weighted by Gasteiger charge is -2.35. The Balaban J connectivity index is 4.07. The summed E-state index contributed by atoms with van der Waals surface area (Å²) in [6.07, 6.45) is 67.7. The molecule has 1 heteroatoms. The number of hydrogen-bond acceptors (Lipinski definition) is 0. The number of rotatable bonds is 49. The summed E-state index contributed by atoms with van der Waals surface area (Å²) in [5.41, 5.74) is 0. The van der Waals surface area contributed by atoms with Crippen molar-refractivity contribution in [2.75, 3.05) is 26.7 Å². The van der Waals surface area contributed by atoms with Crippen LogP contribution in [-0.4, -0.2) is 31.2 Å². The molecule has 0 aliphatic carbocycles. The van der Waals surface area contributed by atoms with Gasteiger partial charge in [0.1, 0.15) is 0 Å². The first-order chi connectivity index (χ1) is 26.7. The van der Waals surface area contributed by atoms with E-state index in [0.29, 0.717) is 0 Å². The molecule has 0 aliphatic heterocycles. The van der Waals surface area contributed by atoms with Gasteiger partial charge in [-0.15, -0.1) is 0 Å². The zero-order chi connectivity index (χ0) is 39.1. The molecular formula is C53H110N+. The van der Waals surface area contributed by atoms with Gasteiger partial charge in [0.25, 0.3) is 0 Å². The van der Waals surface area contributed by atoms with E-state index in [9.17, 15) is 0 Å². The summed E-state index contributed by atoms with van der Waals surface area (Å²) in [4.78, 5) is 0. The fourth-order valence-electron chi connectivity index (χ4n) is 9.11. The van der Waals surface area contributed by atoms with Gasteiger partial charge in [0.15, 0.2) is 0 Å². The second-order valence-corrected chi connectivity index (χ2v) is 19.0. The molecule has 0 rings (SSSR count). The Labute approximate surface area is 346 Å². The Hall–Kier alpha value is -0.0400. The maximum absolute atomic E-state index is 2.64. The van der Waals surface area contributed by atoms with Crippen LogP contribution in [0.3, 0.4) is 0 Å². The van der Waals surface area contributed by atoms with E-state index in [1.54, 1.807) is 0 Å². The summed E-state index contributed by atoms with van der Waals surface area (Å²) in [7, 11) is 2.64. The molecule has 0 radical (unpaired) electrons. The average Bonchev–Trinajstić information content (AvgIpc) is 3.17. The van der Waals surface area contributed by atoms with E-state index < -0.39 is 0 Å². The van der Waals surface area contributed by atoms with Gasteiger partial charge in [0.05, 0.1) is 26.7 Å². The molecule has 0 spiro atoms. The van der Waals surface area contributed by atoms with Gasteiger partial charge >= 0.3 is 0 Å². The van der Waals surface area contributed by atoms with Gasteiger partial charge in [-0.1, -0.05) is 278 Å². The first kappa shape index (κ1) is 54.0. The van der Waals surface area contributed by atoms with Gasteiger partial charge in [-0.2, -0.15) is 0 Å². The highest BCUT2D eigenvalue weighted by Crippen LogP contribution is 2.19. The molecule has 0 bridgehead atoms. The molecule has 1 nitrogen and oxygen atoms in total. The van der Waals surface area contributed by atoms with Crippen LogP contribution < -0.4 is 0 Å². The van der Waals surface area contributed by atoms with Gasteiger partial charge in [-0.3, -0.25) is 0 Å². The Morgan fingerprint density at radius 2 is 0.278 bits per heavy atom. The fourth-order valence-corrected chi connectivity index (χ4v) is 9.11. The molecule has 326 valence electrons. The first-order valence-corrected chi connectivity index (χ1v) is 26.5. The van der Waals surface area contributed by atoms with E-state index in [1.165, 1.54) is 319 Å². The van der Waals surface area contributed by atoms with E-state index in [2.05, 4.69) is 27.8 Å². The normalized spacial score (nSPS) is 12.0. The van der Waals surface area contributed by atoms with Crippen LogP contribution in [0.25, 0.3) is 0 Å². The molecule has 0 saturated carbocycles. The van der Waals surface area contributed by atoms with Gasteiger partial charge in [-0.05, 0) is 38.5 Å². The minimum atomic E-state index is 1.37. The third-order valence-electron chi connectivity index (χ3n) is 13.2. The minimum absolute atomic E-state index is 1.37. The van der Waals surface area contributed by atoms with Gasteiger partial charge in [0, 0.05) is 0 Å². The molecule has 0 unspecified atom stereocenters. The predicted molar refractivity (Wildman–Crippen MR) is 250 cm³/mol. The minimum Gasteiger partial charge on any atom is -0.326 e. The van der Waals surface area contributed by atoms with E-state index in [0.717, 1.165) is 0 Å². The van der Waals surface area contributed by atoms with Crippen molar-refractivity contribution >= 4 is 0 Å². The third-order valence-corrected chi connectivity index (χ3v) is 13.2. The third kappa shape index (κ3) is 44.7. The maximum Gasteiger partial charge on any atom is 0.0784 e. The highest BCUT2D eigenvalue weighted by Gasteiger charge is 2.20. The molecule has 0 N–H and O–H groups in total. The molecule has 0 fully saturated rings. The number of unbranched alkanes of at least 4 members (excludes halogenated alkanes) is 43. The van der Waals surface area contributed by atoms with E-state index in [4.69, 9.17) is 0 Å². The molecule has 0 aromatic heterocycles. The molecule has 0 aromatic carbocycles. The molecule has 0 amide bonds. The summed E-state index contributed by atoms with van der Waals surface area (Å²) in [6.45, 7) is 11.3. The molecule has 0 heterocycles. The van der Waals surface area contributed by atoms with Crippen molar-refractivity contribution in [3.05, 3.63) is 0 Å². The highest BCUT2D eigenvalue weighted by molar-refractivity contribution is 4.55. The van der Waals surface area contributed by atoms with Gasteiger partial charge in [0.2, 0.25) is 0 Å². The first-order valence-electron chi connectivity index (χ1n) is 26.5. The zero-order valence-electron chi connectivity index (χ0n) is 39.1. The van der Waals surface area contributed by atoms with Crippen LogP contribution >= 0.6 is 0 Å². The van der Waals surface area contributed by atoms with Crippen LogP contribution in [0.2, 0.25) is 0 Å². The van der Waals surface area contributed by atoms with Crippen LogP contribution in [-0.2, 0) is 0 Å². The van der Waals surface area contributed by atoms with E-state index in [-0.39, 0.29) is 0 Å². The van der Waals surface area contributed by atoms with Crippen LogP contribution in [0.1, 0.15) is 316 Å². The van der Waals surface area contributed by atoms with Crippen LogP contribution in [0.4, 0.5) is 0 Å². The van der Waals surface area contributed by atoms with Crippen LogP contribution in [0.5, 0.6) is 0 Å². The highest BCUT2D eigenvalue weighted by atomic mass is 15.3. The average molecular weight is 761 g/mol. The van der Waals surface area contributed by atoms with Crippen molar-refractivity contribution in [2.24, 2.45) is 0 Å². The summed E-state index contributed by atoms with van der Waals surface area (Å²) < 4.78 is 1.37. The van der Waals surface area contributed by atoms with Gasteiger partial charge in [-0.25, -0.2) is 0 Å². The Morgan fingerprint density at radius 3 is 0.407 bits per heavy atom. The van der Waals surface area contributed by atoms with Gasteiger partial charge < -0.3 is 4.48 Å². The monoisotopic (exact) mass is 761 g/mol. The number of hydrogen-bond donors (Lipinski definition) is 0. The molecule has 0 saturated heterocycles. The summed E-state index contributed by atoms with van der Waals surface area (Å²) in [5, 5.41) is 0. The second-order valence-electron chi connectivity index (χ2n) is 19.0. The topological polar surface area (TPSA) is 0 Å². The Bertz CT molecular complexity index is 605. The molecule has 0 atom stereocenters. The van der Waals surface area contributed by atoms with Crippen molar-refractivity contribution in [1.29, 1.82) is 0 Å². The van der Waals surface area contributed by atoms with Crippen LogP contribution in [0, 0.1) is 0 Å². The predicted octanol–water partition coefficient (Wildman–Crippen LogP) is 19.4. The Kier molecular flexibility index (Phi) is 47.3. The summed E-state index contributed by atoms with van der Waals surface area (Å²) in [6, 6.07) is 0. The maximum atomic E-state index is 2.64. The lowest BCUT2D eigenvalue weighted by molar-refractivity contribution is -0.910. The SMILES string of the molecule is CCCCCCCCCCCCCCCCCC[N+](C)(CCCCCCCCCCCCCCCC)CCCCCCCCCCCCCCCCCC. The largest absolute Gasteiger partial charge is 0.326 e. The van der Waals surface area contributed by atoms with E-state index in [1.807, 2.05) is 0 Å². The zero-order valence-corrected chi connectivity index (χ0v) is 39.1. The lowest BCUT2D eigenvalue weighted by Crippen LogP contribution is -2.46. The number of nitrogens with zero attached hydrogens (tertiary/aromatic N) is 1. The van der Waals surface area contributed by atoms with Crippen molar-refractivity contribution in [1.82, 2.24) is 0 Å². The van der Waals surface area contributed by atoms with E-state index >= 15 is 0 Å². The molecule has 0 aliphatic rings. The molecule has 54 heavy (non-hydrogen) atoms. The standard InChI is InChI=1S/C53H110N/c1-5-8-11-14-17-20-23-26-29-31-34-37-40-43-46-49-52-54(4,51-48-45-42-39-36-33-28-25-22-19-16-13-10-7-3)53-50-47-44-41-38-35-32-30-27-24-21-18-15-12-9-6-2/h5-53H2,1-4H3/q+1. The molecule has 0 aromatic rings. The quantitative estimate of drug-likeness (QED) is 0.0428. The molecular weight excluding hydrogens is 651 g/mol. The second kappa shape index (κ2) is 47.3. The summed E-state index contributed by atoms with van der Waals surface area (Å²) >= 11 is 0. The van der Waals surface area contributed by atoms with Crippen LogP contribution in [0.15, 0.2) is 0 Å². The van der Waals surface area contributed by atoms with Crippen molar-refractivity contribution in [3.63, 3.8) is 0 Å².